The van der Waals surface area contributed by atoms with Crippen molar-refractivity contribution >= 4 is 17.2 Å². The van der Waals surface area contributed by atoms with Crippen LogP contribution in [-0.4, -0.2) is 34.5 Å². The van der Waals surface area contributed by atoms with Crippen LogP contribution in [0.3, 0.4) is 0 Å². The highest BCUT2D eigenvalue weighted by Crippen LogP contribution is 2.36. The van der Waals surface area contributed by atoms with Gasteiger partial charge in [-0.1, -0.05) is 0 Å². The van der Waals surface area contributed by atoms with Crippen LogP contribution < -0.4 is 0 Å². The minimum absolute atomic E-state index is 0.0115. The summed E-state index contributed by atoms with van der Waals surface area (Å²) < 4.78 is 5.92. The zero-order valence-electron chi connectivity index (χ0n) is 11.4. The van der Waals surface area contributed by atoms with E-state index in [-0.39, 0.29) is 11.5 Å². The van der Waals surface area contributed by atoms with E-state index in [1.165, 1.54) is 0 Å². The number of thiazole rings is 1. The van der Waals surface area contributed by atoms with E-state index >= 15 is 0 Å². The number of aryl methyl sites for hydroxylation is 1. The van der Waals surface area contributed by atoms with Crippen molar-refractivity contribution < 1.29 is 9.53 Å². The standard InChI is InChI=1S/C14H20N2O2S/c1-11-15-12(10-19-11)9-16-7-6-14(4-2-8-18-14)5-3-13(16)17/h10H,2-9H2,1H3/t14-/m1/s1. The molecule has 0 aromatic carbocycles. The van der Waals surface area contributed by atoms with E-state index in [1.54, 1.807) is 11.3 Å². The maximum atomic E-state index is 12.2. The van der Waals surface area contributed by atoms with Crippen LogP contribution in [0.4, 0.5) is 0 Å². The SMILES string of the molecule is Cc1nc(CN2CC[C@@]3(CCCO3)CCC2=O)cs1. The van der Waals surface area contributed by atoms with E-state index in [0.717, 1.165) is 49.5 Å². The minimum atomic E-state index is -0.0115. The lowest BCUT2D eigenvalue weighted by atomic mass is 9.92. The fourth-order valence-electron chi connectivity index (χ4n) is 3.07. The summed E-state index contributed by atoms with van der Waals surface area (Å²) in [6.45, 7) is 4.31. The molecular formula is C14H20N2O2S. The molecule has 0 radical (unpaired) electrons. The van der Waals surface area contributed by atoms with Crippen molar-refractivity contribution in [1.29, 1.82) is 0 Å². The van der Waals surface area contributed by atoms with Gasteiger partial charge >= 0.3 is 0 Å². The Balaban J connectivity index is 1.67. The Morgan fingerprint density at radius 3 is 3.05 bits per heavy atom. The zero-order chi connectivity index (χ0) is 13.3. The lowest BCUT2D eigenvalue weighted by Crippen LogP contribution is -2.32. The lowest BCUT2D eigenvalue weighted by Gasteiger charge is -2.26. The van der Waals surface area contributed by atoms with Crippen LogP contribution in [0.2, 0.25) is 0 Å². The van der Waals surface area contributed by atoms with Crippen molar-refractivity contribution in [1.82, 2.24) is 9.88 Å². The number of aromatic nitrogens is 1. The van der Waals surface area contributed by atoms with Gasteiger partial charge < -0.3 is 9.64 Å². The number of amides is 1. The van der Waals surface area contributed by atoms with Crippen molar-refractivity contribution in [2.45, 2.75) is 51.2 Å². The Morgan fingerprint density at radius 2 is 2.37 bits per heavy atom. The number of nitrogens with zero attached hydrogens (tertiary/aromatic N) is 2. The van der Waals surface area contributed by atoms with Gasteiger partial charge in [0.05, 0.1) is 22.8 Å². The molecule has 0 saturated carbocycles. The summed E-state index contributed by atoms with van der Waals surface area (Å²) in [5.74, 6) is 0.248. The van der Waals surface area contributed by atoms with Crippen molar-refractivity contribution in [3.63, 3.8) is 0 Å². The number of carbonyl (C=O) groups is 1. The molecule has 0 N–H and O–H groups in total. The first kappa shape index (κ1) is 13.1. The van der Waals surface area contributed by atoms with Gasteiger partial charge in [-0.2, -0.15) is 0 Å². The van der Waals surface area contributed by atoms with E-state index < -0.39 is 0 Å². The Labute approximate surface area is 117 Å². The van der Waals surface area contributed by atoms with Crippen LogP contribution in [0.25, 0.3) is 0 Å². The molecule has 3 heterocycles. The van der Waals surface area contributed by atoms with Crippen molar-refractivity contribution in [2.24, 2.45) is 0 Å². The minimum Gasteiger partial charge on any atom is -0.375 e. The number of ether oxygens (including phenoxy) is 1. The molecule has 2 aliphatic rings. The third-order valence-corrected chi connectivity index (χ3v) is 5.01. The average molecular weight is 280 g/mol. The van der Waals surface area contributed by atoms with Gasteiger partial charge in [0.25, 0.3) is 0 Å². The summed E-state index contributed by atoms with van der Waals surface area (Å²) in [5.41, 5.74) is 1.00. The summed E-state index contributed by atoms with van der Waals surface area (Å²) in [6.07, 6.45) is 4.73. The maximum Gasteiger partial charge on any atom is 0.223 e. The second kappa shape index (κ2) is 5.21. The molecule has 104 valence electrons. The zero-order valence-corrected chi connectivity index (χ0v) is 12.2. The maximum absolute atomic E-state index is 12.2. The average Bonchev–Trinajstić information content (AvgIpc) is 2.98. The van der Waals surface area contributed by atoms with Gasteiger partial charge in [-0.25, -0.2) is 4.98 Å². The van der Waals surface area contributed by atoms with E-state index in [2.05, 4.69) is 10.4 Å². The van der Waals surface area contributed by atoms with Crippen LogP contribution >= 0.6 is 11.3 Å². The first-order valence-electron chi connectivity index (χ1n) is 7.00. The molecule has 0 unspecified atom stereocenters. The van der Waals surface area contributed by atoms with Crippen LogP contribution in [0.1, 0.15) is 42.8 Å². The third-order valence-electron chi connectivity index (χ3n) is 4.19. The molecule has 2 fully saturated rings. The number of hydrogen-bond donors (Lipinski definition) is 0. The van der Waals surface area contributed by atoms with Crippen LogP contribution in [-0.2, 0) is 16.1 Å². The molecule has 2 aliphatic heterocycles. The fraction of sp³-hybridized carbons (Fsp3) is 0.714. The monoisotopic (exact) mass is 280 g/mol. The molecule has 19 heavy (non-hydrogen) atoms. The number of rotatable bonds is 2. The molecule has 1 amide bonds. The molecule has 1 atom stereocenters. The molecule has 5 heteroatoms. The largest absolute Gasteiger partial charge is 0.375 e. The second-order valence-electron chi connectivity index (χ2n) is 5.56. The highest BCUT2D eigenvalue weighted by atomic mass is 32.1. The molecule has 0 aliphatic carbocycles. The quantitative estimate of drug-likeness (QED) is 0.836. The summed E-state index contributed by atoms with van der Waals surface area (Å²) in [4.78, 5) is 18.6. The predicted octanol–water partition coefficient (Wildman–Crippen LogP) is 2.51. The predicted molar refractivity (Wildman–Crippen MR) is 74.0 cm³/mol. The van der Waals surface area contributed by atoms with E-state index in [0.29, 0.717) is 13.0 Å². The number of carbonyl (C=O) groups excluding carboxylic acids is 1. The van der Waals surface area contributed by atoms with Gasteiger partial charge in [0.2, 0.25) is 5.91 Å². The summed E-state index contributed by atoms with van der Waals surface area (Å²) in [5, 5.41) is 3.11. The van der Waals surface area contributed by atoms with Crippen molar-refractivity contribution in [3.8, 4) is 0 Å². The van der Waals surface area contributed by atoms with Gasteiger partial charge in [0.1, 0.15) is 0 Å². The Bertz CT molecular complexity index is 466. The van der Waals surface area contributed by atoms with E-state index in [4.69, 9.17) is 4.74 Å². The summed E-state index contributed by atoms with van der Waals surface area (Å²) in [7, 11) is 0. The second-order valence-corrected chi connectivity index (χ2v) is 6.62. The molecule has 3 rings (SSSR count). The first-order valence-corrected chi connectivity index (χ1v) is 7.88. The lowest BCUT2D eigenvalue weighted by molar-refractivity contribution is -0.131. The number of hydrogen-bond acceptors (Lipinski definition) is 4. The van der Waals surface area contributed by atoms with E-state index in [9.17, 15) is 4.79 Å². The van der Waals surface area contributed by atoms with Gasteiger partial charge in [-0.15, -0.1) is 11.3 Å². The molecule has 4 nitrogen and oxygen atoms in total. The highest BCUT2D eigenvalue weighted by Gasteiger charge is 2.38. The highest BCUT2D eigenvalue weighted by molar-refractivity contribution is 7.09. The Kier molecular flexibility index (Phi) is 3.58. The molecule has 1 spiro atoms. The Hall–Kier alpha value is -0.940. The fourth-order valence-corrected chi connectivity index (χ4v) is 3.68. The van der Waals surface area contributed by atoms with Gasteiger partial charge in [-0.05, 0) is 32.6 Å². The summed E-state index contributed by atoms with van der Waals surface area (Å²) in [6, 6.07) is 0. The van der Waals surface area contributed by atoms with Gasteiger partial charge in [0.15, 0.2) is 0 Å². The molecular weight excluding hydrogens is 260 g/mol. The topological polar surface area (TPSA) is 42.4 Å². The van der Waals surface area contributed by atoms with Crippen LogP contribution in [0.15, 0.2) is 5.38 Å². The van der Waals surface area contributed by atoms with Crippen LogP contribution in [0.5, 0.6) is 0 Å². The smallest absolute Gasteiger partial charge is 0.223 e. The number of likely N-dealkylation sites (tertiary alicyclic amines) is 1. The van der Waals surface area contributed by atoms with Crippen LogP contribution in [0, 0.1) is 6.92 Å². The van der Waals surface area contributed by atoms with Crippen molar-refractivity contribution in [3.05, 3.63) is 16.1 Å². The molecule has 1 aromatic heterocycles. The van der Waals surface area contributed by atoms with Crippen molar-refractivity contribution in [2.75, 3.05) is 13.2 Å². The third kappa shape index (κ3) is 2.82. The first-order chi connectivity index (χ1) is 9.17. The summed E-state index contributed by atoms with van der Waals surface area (Å²) >= 11 is 1.64. The molecule has 0 bridgehead atoms. The van der Waals surface area contributed by atoms with E-state index in [1.807, 2.05) is 11.8 Å². The molecule has 1 aromatic rings. The van der Waals surface area contributed by atoms with Gasteiger partial charge in [0, 0.05) is 25.0 Å². The normalized spacial score (nSPS) is 28.1. The Morgan fingerprint density at radius 1 is 1.47 bits per heavy atom. The van der Waals surface area contributed by atoms with Gasteiger partial charge in [-0.3, -0.25) is 4.79 Å². The molecule has 2 saturated heterocycles.